The van der Waals surface area contributed by atoms with E-state index in [2.05, 4.69) is 19.2 Å². The molecular formula is C30H36N2O4. The minimum absolute atomic E-state index is 0.171. The molecule has 0 aromatic heterocycles. The van der Waals surface area contributed by atoms with Gasteiger partial charge in [-0.3, -0.25) is 9.59 Å². The molecule has 1 unspecified atom stereocenters. The lowest BCUT2D eigenvalue weighted by Gasteiger charge is -2.31. The Morgan fingerprint density at radius 1 is 0.889 bits per heavy atom. The van der Waals surface area contributed by atoms with E-state index >= 15 is 0 Å². The van der Waals surface area contributed by atoms with Crippen LogP contribution in [-0.2, 0) is 22.6 Å². The number of methoxy groups -OCH3 is 1. The zero-order valence-electron chi connectivity index (χ0n) is 21.6. The lowest BCUT2D eigenvalue weighted by Crippen LogP contribution is -2.51. The predicted octanol–water partition coefficient (Wildman–Crippen LogP) is 4.97. The number of nitrogens with one attached hydrogen (secondary N) is 1. The number of carbonyl (C=O) groups excluding carboxylic acids is 2. The molecule has 1 atom stereocenters. The number of hydrogen-bond donors (Lipinski definition) is 1. The van der Waals surface area contributed by atoms with Crippen molar-refractivity contribution in [3.8, 4) is 11.5 Å². The van der Waals surface area contributed by atoms with Crippen LogP contribution in [0.5, 0.6) is 11.5 Å². The van der Waals surface area contributed by atoms with Crippen molar-refractivity contribution in [2.24, 2.45) is 0 Å². The fourth-order valence-electron chi connectivity index (χ4n) is 3.99. The van der Waals surface area contributed by atoms with E-state index < -0.39 is 6.04 Å². The van der Waals surface area contributed by atoms with Crippen molar-refractivity contribution in [1.29, 1.82) is 0 Å². The van der Waals surface area contributed by atoms with Gasteiger partial charge in [0.15, 0.2) is 6.61 Å². The Kier molecular flexibility index (Phi) is 9.92. The van der Waals surface area contributed by atoms with Crippen LogP contribution < -0.4 is 14.8 Å². The summed E-state index contributed by atoms with van der Waals surface area (Å²) in [6.45, 7) is 6.68. The second-order valence-electron chi connectivity index (χ2n) is 8.99. The van der Waals surface area contributed by atoms with Gasteiger partial charge in [-0.25, -0.2) is 0 Å². The first-order chi connectivity index (χ1) is 17.4. The number of benzene rings is 3. The maximum absolute atomic E-state index is 13.6. The predicted molar refractivity (Wildman–Crippen MR) is 142 cm³/mol. The van der Waals surface area contributed by atoms with Crippen molar-refractivity contribution >= 4 is 11.8 Å². The molecule has 0 aliphatic rings. The quantitative estimate of drug-likeness (QED) is 0.391. The summed E-state index contributed by atoms with van der Waals surface area (Å²) >= 11 is 0. The van der Waals surface area contributed by atoms with Gasteiger partial charge in [0.2, 0.25) is 5.91 Å². The monoisotopic (exact) mass is 488 g/mol. The molecule has 3 aromatic rings. The molecular weight excluding hydrogens is 452 g/mol. The Morgan fingerprint density at radius 3 is 2.22 bits per heavy atom. The van der Waals surface area contributed by atoms with Gasteiger partial charge < -0.3 is 19.7 Å². The number of hydrogen-bond acceptors (Lipinski definition) is 4. The van der Waals surface area contributed by atoms with E-state index in [-0.39, 0.29) is 25.0 Å². The number of rotatable bonds is 12. The van der Waals surface area contributed by atoms with Crippen molar-refractivity contribution in [2.45, 2.75) is 45.7 Å². The summed E-state index contributed by atoms with van der Waals surface area (Å²) in [4.78, 5) is 28.4. The van der Waals surface area contributed by atoms with Gasteiger partial charge in [0.25, 0.3) is 5.91 Å². The molecule has 0 saturated carbocycles. The minimum atomic E-state index is -0.696. The van der Waals surface area contributed by atoms with Gasteiger partial charge in [-0.1, -0.05) is 68.4 Å². The van der Waals surface area contributed by atoms with Gasteiger partial charge in [-0.15, -0.1) is 0 Å². The Labute approximate surface area is 214 Å². The average molecular weight is 489 g/mol. The largest absolute Gasteiger partial charge is 0.497 e. The molecule has 36 heavy (non-hydrogen) atoms. The lowest BCUT2D eigenvalue weighted by molar-refractivity contribution is -0.142. The van der Waals surface area contributed by atoms with E-state index in [1.807, 2.05) is 85.8 Å². The number of nitrogens with zero attached hydrogens (tertiary/aromatic N) is 1. The minimum Gasteiger partial charge on any atom is -0.497 e. The summed E-state index contributed by atoms with van der Waals surface area (Å²) in [5, 5.41) is 2.90. The summed E-state index contributed by atoms with van der Waals surface area (Å²) in [5.74, 6) is 1.26. The Morgan fingerprint density at radius 2 is 1.58 bits per heavy atom. The van der Waals surface area contributed by atoms with E-state index in [4.69, 9.17) is 9.47 Å². The summed E-state index contributed by atoms with van der Waals surface area (Å²) in [6.07, 6.45) is 0.394. The molecule has 0 saturated heterocycles. The number of ether oxygens (including phenoxy) is 2. The first-order valence-electron chi connectivity index (χ1n) is 12.4. The van der Waals surface area contributed by atoms with E-state index in [0.717, 1.165) is 11.1 Å². The van der Waals surface area contributed by atoms with E-state index in [0.29, 0.717) is 30.4 Å². The van der Waals surface area contributed by atoms with Crippen molar-refractivity contribution < 1.29 is 19.1 Å². The van der Waals surface area contributed by atoms with Crippen molar-refractivity contribution in [2.75, 3.05) is 20.3 Å². The topological polar surface area (TPSA) is 67.9 Å². The highest BCUT2D eigenvalue weighted by atomic mass is 16.5. The van der Waals surface area contributed by atoms with Crippen LogP contribution in [-0.4, -0.2) is 43.0 Å². The summed E-state index contributed by atoms with van der Waals surface area (Å²) in [5.41, 5.74) is 3.04. The first-order valence-corrected chi connectivity index (χ1v) is 12.4. The van der Waals surface area contributed by atoms with Crippen LogP contribution in [0.3, 0.4) is 0 Å². The van der Waals surface area contributed by atoms with Crippen LogP contribution in [0.4, 0.5) is 0 Å². The van der Waals surface area contributed by atoms with E-state index in [9.17, 15) is 9.59 Å². The third kappa shape index (κ3) is 7.60. The van der Waals surface area contributed by atoms with Crippen LogP contribution in [0.15, 0.2) is 78.9 Å². The van der Waals surface area contributed by atoms with Crippen LogP contribution in [0.1, 0.15) is 43.4 Å². The Balaban J connectivity index is 1.87. The van der Waals surface area contributed by atoms with E-state index in [1.54, 1.807) is 12.0 Å². The van der Waals surface area contributed by atoms with Crippen molar-refractivity contribution in [1.82, 2.24) is 10.2 Å². The number of amides is 2. The third-order valence-corrected chi connectivity index (χ3v) is 6.02. The van der Waals surface area contributed by atoms with Crippen LogP contribution in [0.25, 0.3) is 0 Å². The zero-order chi connectivity index (χ0) is 25.9. The average Bonchev–Trinajstić information content (AvgIpc) is 2.90. The van der Waals surface area contributed by atoms with Gasteiger partial charge in [-0.05, 0) is 53.8 Å². The molecule has 6 heteroatoms. The van der Waals surface area contributed by atoms with Gasteiger partial charge in [0, 0.05) is 19.5 Å². The molecule has 0 aliphatic heterocycles. The fourth-order valence-corrected chi connectivity index (χ4v) is 3.99. The maximum Gasteiger partial charge on any atom is 0.261 e. The first kappa shape index (κ1) is 26.8. The fraction of sp³-hybridized carbons (Fsp3) is 0.333. The highest BCUT2D eigenvalue weighted by molar-refractivity contribution is 5.88. The Bertz CT molecular complexity index is 1110. The molecule has 0 aliphatic carbocycles. The SMILES string of the molecule is CCNC(=O)C(Cc1ccccc1)N(Cc1cccc(OC)c1)C(=O)COc1ccc(C(C)C)cc1. The third-order valence-electron chi connectivity index (χ3n) is 6.02. The van der Waals surface area contributed by atoms with Gasteiger partial charge in [-0.2, -0.15) is 0 Å². The molecule has 3 rings (SSSR count). The molecule has 0 fully saturated rings. The van der Waals surface area contributed by atoms with Crippen LogP contribution in [0, 0.1) is 0 Å². The lowest BCUT2D eigenvalue weighted by atomic mass is 10.0. The van der Waals surface area contributed by atoms with Gasteiger partial charge >= 0.3 is 0 Å². The normalized spacial score (nSPS) is 11.6. The zero-order valence-corrected chi connectivity index (χ0v) is 21.6. The second kappa shape index (κ2) is 13.3. The maximum atomic E-state index is 13.6. The summed E-state index contributed by atoms with van der Waals surface area (Å²) in [7, 11) is 1.60. The highest BCUT2D eigenvalue weighted by Gasteiger charge is 2.30. The molecule has 190 valence electrons. The summed E-state index contributed by atoms with van der Waals surface area (Å²) < 4.78 is 11.2. The van der Waals surface area contributed by atoms with Crippen molar-refractivity contribution in [3.63, 3.8) is 0 Å². The van der Waals surface area contributed by atoms with Crippen LogP contribution in [0.2, 0.25) is 0 Å². The van der Waals surface area contributed by atoms with E-state index in [1.165, 1.54) is 5.56 Å². The van der Waals surface area contributed by atoms with Crippen LogP contribution >= 0.6 is 0 Å². The van der Waals surface area contributed by atoms with Gasteiger partial charge in [0.05, 0.1) is 7.11 Å². The Hall–Kier alpha value is -3.80. The molecule has 1 N–H and O–H groups in total. The molecule has 0 heterocycles. The molecule has 3 aromatic carbocycles. The number of likely N-dealkylation sites (N-methyl/N-ethyl adjacent to an activating group) is 1. The highest BCUT2D eigenvalue weighted by Crippen LogP contribution is 2.21. The van der Waals surface area contributed by atoms with Crippen molar-refractivity contribution in [3.05, 3.63) is 95.6 Å². The molecule has 6 nitrogen and oxygen atoms in total. The van der Waals surface area contributed by atoms with Gasteiger partial charge in [0.1, 0.15) is 17.5 Å². The molecule has 2 amide bonds. The molecule has 0 radical (unpaired) electrons. The standard InChI is InChI=1S/C30H36N2O4/c1-5-31-30(34)28(19-23-10-7-6-8-11-23)32(20-24-12-9-13-27(18-24)35-4)29(33)21-36-26-16-14-25(15-17-26)22(2)3/h6-18,22,28H,5,19-21H2,1-4H3,(H,31,34). The molecule has 0 spiro atoms. The smallest absolute Gasteiger partial charge is 0.261 e. The second-order valence-corrected chi connectivity index (χ2v) is 8.99. The molecule has 0 bridgehead atoms. The summed E-state index contributed by atoms with van der Waals surface area (Å²) in [6, 6.07) is 24.3. The number of carbonyl (C=O) groups is 2.